The molecule has 1 aliphatic heterocycles. The maximum atomic E-state index is 11.5. The van der Waals surface area contributed by atoms with E-state index >= 15 is 0 Å². The molecule has 19 heavy (non-hydrogen) atoms. The number of carbonyl (C=O) groups is 1. The number of carbonyl (C=O) groups excluding carboxylic acids is 1. The molecule has 0 bridgehead atoms. The van der Waals surface area contributed by atoms with Crippen molar-refractivity contribution in [1.29, 1.82) is 0 Å². The summed E-state index contributed by atoms with van der Waals surface area (Å²) in [6.45, 7) is 3.42. The largest absolute Gasteiger partial charge is 0.377 e. The van der Waals surface area contributed by atoms with Gasteiger partial charge in [0, 0.05) is 19.0 Å². The number of amides is 1. The Kier molecular flexibility index (Phi) is 4.55. The summed E-state index contributed by atoms with van der Waals surface area (Å²) in [7, 11) is 0. The number of hydrogen-bond donors (Lipinski definition) is 1. The van der Waals surface area contributed by atoms with Crippen LogP contribution in [-0.4, -0.2) is 41.7 Å². The van der Waals surface area contributed by atoms with E-state index in [1.165, 1.54) is 0 Å². The first kappa shape index (κ1) is 14.0. The summed E-state index contributed by atoms with van der Waals surface area (Å²) in [6.07, 6.45) is 1.68. The molecule has 104 valence electrons. The van der Waals surface area contributed by atoms with Crippen molar-refractivity contribution in [3.63, 3.8) is 0 Å². The van der Waals surface area contributed by atoms with Gasteiger partial charge in [-0.05, 0) is 6.42 Å². The number of primary amides is 1. The van der Waals surface area contributed by atoms with Crippen LogP contribution in [-0.2, 0) is 16.0 Å². The maximum Gasteiger partial charge on any atom is 0.242 e. The molecule has 1 atom stereocenters. The average Bonchev–Trinajstić information content (AvgIpc) is 2.38. The zero-order chi connectivity index (χ0) is 13.8. The summed E-state index contributed by atoms with van der Waals surface area (Å²) in [6, 6.07) is 1.15. The molecular formula is C12H17ClN4O2. The van der Waals surface area contributed by atoms with Crippen molar-refractivity contribution in [1.82, 2.24) is 9.97 Å². The van der Waals surface area contributed by atoms with Crippen LogP contribution in [0, 0.1) is 0 Å². The highest BCUT2D eigenvalue weighted by Gasteiger charge is 2.29. The van der Waals surface area contributed by atoms with Crippen LogP contribution in [0.3, 0.4) is 0 Å². The van der Waals surface area contributed by atoms with Crippen LogP contribution in [0.15, 0.2) is 6.07 Å². The number of rotatable bonds is 4. The number of nitrogens with zero attached hydrogens (tertiary/aromatic N) is 3. The van der Waals surface area contributed by atoms with E-state index < -0.39 is 11.9 Å². The second kappa shape index (κ2) is 6.16. The number of aryl methyl sites for hydroxylation is 1. The van der Waals surface area contributed by atoms with Gasteiger partial charge >= 0.3 is 0 Å². The molecule has 6 nitrogen and oxygen atoms in total. The number of aromatic nitrogens is 2. The summed E-state index contributed by atoms with van der Waals surface area (Å²) in [5.74, 6) is 0.890. The molecule has 1 unspecified atom stereocenters. The SMILES string of the molecule is CCCc1nc(Cl)cc(N2CCOCC2C(N)=O)n1. The second-order valence-corrected chi connectivity index (χ2v) is 4.79. The van der Waals surface area contributed by atoms with Gasteiger partial charge in [0.1, 0.15) is 22.8 Å². The van der Waals surface area contributed by atoms with E-state index in [1.54, 1.807) is 6.07 Å². The Morgan fingerprint density at radius 1 is 1.63 bits per heavy atom. The maximum absolute atomic E-state index is 11.5. The number of anilines is 1. The third-order valence-electron chi connectivity index (χ3n) is 2.95. The fourth-order valence-corrected chi connectivity index (χ4v) is 2.24. The fourth-order valence-electron chi connectivity index (χ4n) is 2.05. The van der Waals surface area contributed by atoms with Gasteiger partial charge in [-0.2, -0.15) is 0 Å². The first-order valence-electron chi connectivity index (χ1n) is 6.29. The van der Waals surface area contributed by atoms with Crippen molar-refractivity contribution >= 4 is 23.3 Å². The number of hydrogen-bond acceptors (Lipinski definition) is 5. The van der Waals surface area contributed by atoms with E-state index in [2.05, 4.69) is 9.97 Å². The second-order valence-electron chi connectivity index (χ2n) is 4.40. The molecular weight excluding hydrogens is 268 g/mol. The van der Waals surface area contributed by atoms with E-state index in [0.717, 1.165) is 12.8 Å². The molecule has 1 aromatic rings. The minimum absolute atomic E-state index is 0.278. The Bertz CT molecular complexity index is 469. The topological polar surface area (TPSA) is 81.3 Å². The van der Waals surface area contributed by atoms with Crippen molar-refractivity contribution < 1.29 is 9.53 Å². The standard InChI is InChI=1S/C12H17ClN4O2/c1-2-3-10-15-9(13)6-11(16-10)17-4-5-19-7-8(17)12(14)18/h6,8H,2-5,7H2,1H3,(H2,14,18). The van der Waals surface area contributed by atoms with E-state index in [4.69, 9.17) is 22.1 Å². The van der Waals surface area contributed by atoms with Crippen LogP contribution in [0.5, 0.6) is 0 Å². The van der Waals surface area contributed by atoms with Gasteiger partial charge in [0.05, 0.1) is 13.2 Å². The molecule has 2 heterocycles. The van der Waals surface area contributed by atoms with Crippen LogP contribution in [0.2, 0.25) is 5.15 Å². The van der Waals surface area contributed by atoms with Crippen LogP contribution >= 0.6 is 11.6 Å². The summed E-state index contributed by atoms with van der Waals surface area (Å²) < 4.78 is 5.28. The average molecular weight is 285 g/mol. The molecule has 0 radical (unpaired) electrons. The monoisotopic (exact) mass is 284 g/mol. The Morgan fingerprint density at radius 3 is 3.11 bits per heavy atom. The molecule has 1 fully saturated rings. The third-order valence-corrected chi connectivity index (χ3v) is 3.15. The minimum atomic E-state index is -0.505. The Labute approximate surface area is 116 Å². The molecule has 1 amide bonds. The predicted molar refractivity (Wildman–Crippen MR) is 72.2 cm³/mol. The molecule has 2 rings (SSSR count). The lowest BCUT2D eigenvalue weighted by Gasteiger charge is -2.34. The minimum Gasteiger partial charge on any atom is -0.377 e. The number of ether oxygens (including phenoxy) is 1. The van der Waals surface area contributed by atoms with Gasteiger partial charge in [-0.15, -0.1) is 0 Å². The Morgan fingerprint density at radius 2 is 2.42 bits per heavy atom. The van der Waals surface area contributed by atoms with Crippen molar-refractivity contribution in [2.24, 2.45) is 5.73 Å². The summed E-state index contributed by atoms with van der Waals surface area (Å²) in [5.41, 5.74) is 5.39. The normalized spacial score (nSPS) is 19.5. The van der Waals surface area contributed by atoms with Crippen molar-refractivity contribution in [3.05, 3.63) is 17.0 Å². The molecule has 0 spiro atoms. The Hall–Kier alpha value is -1.40. The summed E-state index contributed by atoms with van der Waals surface area (Å²) in [5, 5.41) is 0.378. The van der Waals surface area contributed by atoms with Gasteiger partial charge in [-0.3, -0.25) is 4.79 Å². The zero-order valence-corrected chi connectivity index (χ0v) is 11.6. The molecule has 1 aliphatic rings. The third kappa shape index (κ3) is 3.33. The van der Waals surface area contributed by atoms with E-state index in [1.807, 2.05) is 11.8 Å². The molecule has 1 saturated heterocycles. The van der Waals surface area contributed by atoms with Gasteiger partial charge in [-0.25, -0.2) is 9.97 Å². The van der Waals surface area contributed by atoms with Crippen LogP contribution in [0.1, 0.15) is 19.2 Å². The van der Waals surface area contributed by atoms with Gasteiger partial charge in [-0.1, -0.05) is 18.5 Å². The summed E-state index contributed by atoms with van der Waals surface area (Å²) in [4.78, 5) is 21.9. The van der Waals surface area contributed by atoms with Gasteiger partial charge in [0.15, 0.2) is 0 Å². The van der Waals surface area contributed by atoms with Gasteiger partial charge in [0.25, 0.3) is 0 Å². The smallest absolute Gasteiger partial charge is 0.242 e. The molecule has 0 aliphatic carbocycles. The first-order chi connectivity index (χ1) is 9.11. The van der Waals surface area contributed by atoms with Gasteiger partial charge in [0.2, 0.25) is 5.91 Å². The van der Waals surface area contributed by atoms with Gasteiger partial charge < -0.3 is 15.4 Å². The van der Waals surface area contributed by atoms with Crippen molar-refractivity contribution in [2.45, 2.75) is 25.8 Å². The van der Waals surface area contributed by atoms with Crippen molar-refractivity contribution in [3.8, 4) is 0 Å². The Balaban J connectivity index is 2.30. The number of nitrogens with two attached hydrogens (primary N) is 1. The number of morpholine rings is 1. The molecule has 0 aromatic carbocycles. The first-order valence-corrected chi connectivity index (χ1v) is 6.66. The van der Waals surface area contributed by atoms with E-state index in [9.17, 15) is 4.79 Å². The molecule has 0 saturated carbocycles. The van der Waals surface area contributed by atoms with Crippen LogP contribution < -0.4 is 10.6 Å². The predicted octanol–water partition coefficient (Wildman–Crippen LogP) is 0.773. The van der Waals surface area contributed by atoms with Crippen LogP contribution in [0.4, 0.5) is 5.82 Å². The highest BCUT2D eigenvalue weighted by atomic mass is 35.5. The highest BCUT2D eigenvalue weighted by molar-refractivity contribution is 6.29. The van der Waals surface area contributed by atoms with E-state index in [0.29, 0.717) is 29.9 Å². The highest BCUT2D eigenvalue weighted by Crippen LogP contribution is 2.21. The fraction of sp³-hybridized carbons (Fsp3) is 0.583. The lowest BCUT2D eigenvalue weighted by Crippen LogP contribution is -2.53. The molecule has 2 N–H and O–H groups in total. The number of halogens is 1. The summed E-state index contributed by atoms with van der Waals surface area (Å²) >= 11 is 6.01. The van der Waals surface area contributed by atoms with Crippen LogP contribution in [0.25, 0.3) is 0 Å². The zero-order valence-electron chi connectivity index (χ0n) is 10.8. The lowest BCUT2D eigenvalue weighted by molar-refractivity contribution is -0.121. The van der Waals surface area contributed by atoms with E-state index in [-0.39, 0.29) is 6.61 Å². The molecule has 7 heteroatoms. The molecule has 1 aromatic heterocycles. The lowest BCUT2D eigenvalue weighted by atomic mass is 10.2. The quantitative estimate of drug-likeness (QED) is 0.826. The van der Waals surface area contributed by atoms with Crippen molar-refractivity contribution in [2.75, 3.05) is 24.7 Å².